The predicted molar refractivity (Wildman–Crippen MR) is 61.5 cm³/mol. The highest BCUT2D eigenvalue weighted by atomic mass is 19.1. The second-order valence-corrected chi connectivity index (χ2v) is 5.36. The van der Waals surface area contributed by atoms with E-state index in [4.69, 9.17) is 5.11 Å². The van der Waals surface area contributed by atoms with Crippen LogP contribution in [0.1, 0.15) is 49.1 Å². The summed E-state index contributed by atoms with van der Waals surface area (Å²) in [4.78, 5) is 10.9. The van der Waals surface area contributed by atoms with E-state index >= 15 is 0 Å². The fourth-order valence-electron chi connectivity index (χ4n) is 3.52. The van der Waals surface area contributed by atoms with Crippen LogP contribution >= 0.6 is 0 Å². The first-order valence-corrected chi connectivity index (χ1v) is 6.12. The summed E-state index contributed by atoms with van der Waals surface area (Å²) in [7, 11) is 0. The van der Waals surface area contributed by atoms with Gasteiger partial charge in [-0.1, -0.05) is 12.5 Å². The first-order valence-electron chi connectivity index (χ1n) is 6.12. The highest BCUT2D eigenvalue weighted by molar-refractivity contribution is 5.69. The molecule has 1 aromatic rings. The first kappa shape index (κ1) is 10.8. The molecular weight excluding hydrogens is 219 g/mol. The van der Waals surface area contributed by atoms with E-state index in [2.05, 4.69) is 0 Å². The summed E-state index contributed by atoms with van der Waals surface area (Å²) in [5.41, 5.74) is 2.31. The van der Waals surface area contributed by atoms with E-state index < -0.39 is 5.97 Å². The average molecular weight is 234 g/mol. The molecule has 0 heterocycles. The van der Waals surface area contributed by atoms with E-state index in [0.717, 1.165) is 24.8 Å². The van der Waals surface area contributed by atoms with Gasteiger partial charge in [0.2, 0.25) is 0 Å². The summed E-state index contributed by atoms with van der Waals surface area (Å²) in [5, 5.41) is 8.94. The monoisotopic (exact) mass is 234 g/mol. The van der Waals surface area contributed by atoms with Crippen molar-refractivity contribution in [2.45, 2.75) is 43.4 Å². The molecule has 0 amide bonds. The second-order valence-electron chi connectivity index (χ2n) is 5.36. The Labute approximate surface area is 99.5 Å². The van der Waals surface area contributed by atoms with Gasteiger partial charge in [-0.15, -0.1) is 0 Å². The van der Waals surface area contributed by atoms with Gasteiger partial charge < -0.3 is 5.11 Å². The summed E-state index contributed by atoms with van der Waals surface area (Å²) in [6, 6.07) is 4.91. The molecule has 2 aliphatic carbocycles. The van der Waals surface area contributed by atoms with Gasteiger partial charge in [-0.2, -0.15) is 0 Å². The molecule has 0 radical (unpaired) electrons. The van der Waals surface area contributed by atoms with Crippen LogP contribution in [-0.4, -0.2) is 11.1 Å². The van der Waals surface area contributed by atoms with Crippen molar-refractivity contribution in [2.24, 2.45) is 0 Å². The SMILES string of the molecule is O=C(O)CC1CC2(CCC2)c2ccc(F)cc21. The van der Waals surface area contributed by atoms with Gasteiger partial charge in [-0.25, -0.2) is 4.39 Å². The molecule has 0 saturated heterocycles. The molecule has 0 aromatic heterocycles. The molecule has 1 unspecified atom stereocenters. The molecule has 1 saturated carbocycles. The van der Waals surface area contributed by atoms with Gasteiger partial charge in [-0.05, 0) is 53.9 Å². The van der Waals surface area contributed by atoms with Gasteiger partial charge in [0.25, 0.3) is 0 Å². The Morgan fingerprint density at radius 2 is 2.24 bits per heavy atom. The van der Waals surface area contributed by atoms with Crippen molar-refractivity contribution in [1.29, 1.82) is 0 Å². The molecule has 1 fully saturated rings. The van der Waals surface area contributed by atoms with Crippen LogP contribution in [0.3, 0.4) is 0 Å². The zero-order chi connectivity index (χ0) is 12.0. The van der Waals surface area contributed by atoms with Crippen LogP contribution in [0, 0.1) is 5.82 Å². The number of benzene rings is 1. The molecule has 3 rings (SSSR count). The van der Waals surface area contributed by atoms with Crippen molar-refractivity contribution in [1.82, 2.24) is 0 Å². The Hall–Kier alpha value is -1.38. The van der Waals surface area contributed by atoms with Crippen LogP contribution in [0.2, 0.25) is 0 Å². The van der Waals surface area contributed by atoms with Gasteiger partial charge in [0.15, 0.2) is 0 Å². The molecule has 2 aliphatic rings. The number of hydrogen-bond donors (Lipinski definition) is 1. The lowest BCUT2D eigenvalue weighted by Crippen LogP contribution is -2.31. The van der Waals surface area contributed by atoms with E-state index in [1.54, 1.807) is 0 Å². The van der Waals surface area contributed by atoms with Crippen LogP contribution < -0.4 is 0 Å². The third kappa shape index (κ3) is 1.56. The highest BCUT2D eigenvalue weighted by Gasteiger charge is 2.47. The third-order valence-electron chi connectivity index (χ3n) is 4.39. The van der Waals surface area contributed by atoms with Crippen LogP contribution in [0.5, 0.6) is 0 Å². The van der Waals surface area contributed by atoms with Crippen molar-refractivity contribution >= 4 is 5.97 Å². The topological polar surface area (TPSA) is 37.3 Å². The Kier molecular flexibility index (Phi) is 2.25. The minimum atomic E-state index is -0.790. The molecular formula is C14H15FO2. The zero-order valence-electron chi connectivity index (χ0n) is 9.58. The maximum Gasteiger partial charge on any atom is 0.303 e. The van der Waals surface area contributed by atoms with Crippen LogP contribution in [-0.2, 0) is 10.2 Å². The van der Waals surface area contributed by atoms with Crippen LogP contribution in [0.25, 0.3) is 0 Å². The standard InChI is InChI=1S/C14H15FO2/c15-10-2-3-12-11(7-10)9(6-13(16)17)8-14(12)4-1-5-14/h2-3,7,9H,1,4-6,8H2,(H,16,17). The van der Waals surface area contributed by atoms with Gasteiger partial charge in [0, 0.05) is 0 Å². The van der Waals surface area contributed by atoms with Gasteiger partial charge >= 0.3 is 5.97 Å². The van der Waals surface area contributed by atoms with Crippen molar-refractivity contribution in [2.75, 3.05) is 0 Å². The molecule has 0 bridgehead atoms. The number of carboxylic acids is 1. The quantitative estimate of drug-likeness (QED) is 0.853. The fourth-order valence-corrected chi connectivity index (χ4v) is 3.52. The van der Waals surface area contributed by atoms with E-state index in [1.165, 1.54) is 24.1 Å². The number of aliphatic carboxylic acids is 1. The maximum absolute atomic E-state index is 13.3. The minimum Gasteiger partial charge on any atom is -0.481 e. The van der Waals surface area contributed by atoms with E-state index in [0.29, 0.717) is 0 Å². The van der Waals surface area contributed by atoms with E-state index in [9.17, 15) is 9.18 Å². The molecule has 1 N–H and O–H groups in total. The lowest BCUT2D eigenvalue weighted by atomic mass is 9.65. The largest absolute Gasteiger partial charge is 0.481 e. The normalized spacial score (nSPS) is 24.4. The Morgan fingerprint density at radius 3 is 2.82 bits per heavy atom. The third-order valence-corrected chi connectivity index (χ3v) is 4.39. The summed E-state index contributed by atoms with van der Waals surface area (Å²) in [5.74, 6) is -1.05. The zero-order valence-corrected chi connectivity index (χ0v) is 9.58. The first-order chi connectivity index (χ1) is 8.11. The molecule has 1 atom stereocenters. The molecule has 1 aromatic carbocycles. The van der Waals surface area contributed by atoms with Crippen LogP contribution in [0.4, 0.5) is 4.39 Å². The average Bonchev–Trinajstić information content (AvgIpc) is 2.51. The summed E-state index contributed by atoms with van der Waals surface area (Å²) in [6.45, 7) is 0. The van der Waals surface area contributed by atoms with Crippen molar-refractivity contribution in [3.63, 3.8) is 0 Å². The highest BCUT2D eigenvalue weighted by Crippen LogP contribution is 2.57. The molecule has 0 aliphatic heterocycles. The smallest absolute Gasteiger partial charge is 0.303 e. The Balaban J connectivity index is 2.02. The van der Waals surface area contributed by atoms with Crippen molar-refractivity contribution in [3.05, 3.63) is 35.1 Å². The summed E-state index contributed by atoms with van der Waals surface area (Å²) in [6.07, 6.45) is 4.47. The predicted octanol–water partition coefficient (Wildman–Crippen LogP) is 3.21. The molecule has 1 spiro atoms. The lowest BCUT2D eigenvalue weighted by molar-refractivity contribution is -0.137. The van der Waals surface area contributed by atoms with Crippen LogP contribution in [0.15, 0.2) is 18.2 Å². The van der Waals surface area contributed by atoms with Gasteiger partial charge in [0.05, 0.1) is 6.42 Å². The van der Waals surface area contributed by atoms with Gasteiger partial charge in [0.1, 0.15) is 5.82 Å². The maximum atomic E-state index is 13.3. The van der Waals surface area contributed by atoms with Crippen molar-refractivity contribution in [3.8, 4) is 0 Å². The summed E-state index contributed by atoms with van der Waals surface area (Å²) < 4.78 is 13.3. The fraction of sp³-hybridized carbons (Fsp3) is 0.500. The lowest BCUT2D eigenvalue weighted by Gasteiger charge is -2.39. The number of carbonyl (C=O) groups is 1. The number of rotatable bonds is 2. The second kappa shape index (κ2) is 3.56. The summed E-state index contributed by atoms with van der Waals surface area (Å²) >= 11 is 0. The molecule has 17 heavy (non-hydrogen) atoms. The number of carboxylic acid groups (broad SMARTS) is 1. The Bertz CT molecular complexity index is 477. The minimum absolute atomic E-state index is 0.00139. The molecule has 3 heteroatoms. The van der Waals surface area contributed by atoms with Gasteiger partial charge in [-0.3, -0.25) is 4.79 Å². The van der Waals surface area contributed by atoms with E-state index in [1.807, 2.05) is 6.07 Å². The number of fused-ring (bicyclic) bond motifs is 2. The Morgan fingerprint density at radius 1 is 1.47 bits per heavy atom. The molecule has 90 valence electrons. The van der Waals surface area contributed by atoms with Crippen molar-refractivity contribution < 1.29 is 14.3 Å². The molecule has 2 nitrogen and oxygen atoms in total. The van der Waals surface area contributed by atoms with E-state index in [-0.39, 0.29) is 23.6 Å². The number of hydrogen-bond acceptors (Lipinski definition) is 1. The number of halogens is 1.